The number of hydrogen-bond acceptors (Lipinski definition) is 4. The fourth-order valence-corrected chi connectivity index (χ4v) is 5.33. The van der Waals surface area contributed by atoms with E-state index in [2.05, 4.69) is 21.2 Å². The van der Waals surface area contributed by atoms with Crippen molar-refractivity contribution < 1.29 is 18.0 Å². The van der Waals surface area contributed by atoms with E-state index in [0.29, 0.717) is 5.02 Å². The Morgan fingerprint density at radius 2 is 1.77 bits per heavy atom. The molecule has 0 spiro atoms. The average molecular weight is 607 g/mol. The van der Waals surface area contributed by atoms with Gasteiger partial charge in [0.2, 0.25) is 21.8 Å². The second kappa shape index (κ2) is 12.9. The standard InChI is InChI=1S/C24H30BrCl2N3O4S/c1-16(2)28-24(32)17(3)29(15-18-7-5-8-19(25)13-18)23(31)9-6-12-30(35(4,33)34)22-14-20(26)10-11-21(22)27/h5,7-8,10-11,13-14,16-17H,6,9,12,15H2,1-4H3,(H,28,32)/t17-/m1/s1. The van der Waals surface area contributed by atoms with Crippen LogP contribution in [0, 0.1) is 0 Å². The summed E-state index contributed by atoms with van der Waals surface area (Å²) in [6.45, 7) is 5.66. The number of nitrogens with one attached hydrogen (secondary N) is 1. The Kier molecular flexibility index (Phi) is 10.9. The van der Waals surface area contributed by atoms with Gasteiger partial charge in [-0.3, -0.25) is 13.9 Å². The molecule has 0 aliphatic carbocycles. The van der Waals surface area contributed by atoms with Crippen molar-refractivity contribution in [3.63, 3.8) is 0 Å². The van der Waals surface area contributed by atoms with E-state index >= 15 is 0 Å². The average Bonchev–Trinajstić information content (AvgIpc) is 2.75. The van der Waals surface area contributed by atoms with E-state index in [1.807, 2.05) is 38.1 Å². The number of sulfonamides is 1. The molecule has 0 aliphatic heterocycles. The Bertz CT molecular complexity index is 1160. The Hall–Kier alpha value is -1.81. The molecule has 1 atom stereocenters. The van der Waals surface area contributed by atoms with Gasteiger partial charge in [0.1, 0.15) is 6.04 Å². The number of benzene rings is 2. The maximum atomic E-state index is 13.3. The van der Waals surface area contributed by atoms with Crippen molar-refractivity contribution in [2.45, 2.75) is 52.2 Å². The largest absolute Gasteiger partial charge is 0.352 e. The zero-order valence-electron chi connectivity index (χ0n) is 20.1. The maximum Gasteiger partial charge on any atom is 0.242 e. The number of hydrogen-bond donors (Lipinski definition) is 1. The van der Waals surface area contributed by atoms with E-state index in [9.17, 15) is 18.0 Å². The summed E-state index contributed by atoms with van der Waals surface area (Å²) >= 11 is 15.7. The predicted molar refractivity (Wildman–Crippen MR) is 145 cm³/mol. The van der Waals surface area contributed by atoms with Gasteiger partial charge in [-0.05, 0) is 63.1 Å². The van der Waals surface area contributed by atoms with Crippen molar-refractivity contribution in [1.82, 2.24) is 10.2 Å². The summed E-state index contributed by atoms with van der Waals surface area (Å²) < 4.78 is 26.9. The number of anilines is 1. The topological polar surface area (TPSA) is 86.8 Å². The zero-order valence-corrected chi connectivity index (χ0v) is 24.0. The van der Waals surface area contributed by atoms with Gasteiger partial charge in [0, 0.05) is 35.0 Å². The van der Waals surface area contributed by atoms with E-state index in [-0.39, 0.29) is 54.5 Å². The maximum absolute atomic E-state index is 13.3. The molecule has 0 unspecified atom stereocenters. The first kappa shape index (κ1) is 29.4. The van der Waals surface area contributed by atoms with Gasteiger partial charge in [0.05, 0.1) is 17.0 Å². The van der Waals surface area contributed by atoms with Crippen molar-refractivity contribution in [3.05, 3.63) is 62.5 Å². The van der Waals surface area contributed by atoms with Gasteiger partial charge in [0.15, 0.2) is 0 Å². The lowest BCUT2D eigenvalue weighted by atomic mass is 10.1. The Labute approximate surface area is 225 Å². The van der Waals surface area contributed by atoms with Crippen LogP contribution in [0.25, 0.3) is 0 Å². The lowest BCUT2D eigenvalue weighted by molar-refractivity contribution is -0.140. The van der Waals surface area contributed by atoms with Gasteiger partial charge in [-0.1, -0.05) is 51.3 Å². The molecule has 192 valence electrons. The lowest BCUT2D eigenvalue weighted by Gasteiger charge is -2.30. The highest BCUT2D eigenvalue weighted by Crippen LogP contribution is 2.31. The Morgan fingerprint density at radius 3 is 2.37 bits per heavy atom. The smallest absolute Gasteiger partial charge is 0.242 e. The molecule has 0 bridgehead atoms. The van der Waals surface area contributed by atoms with Gasteiger partial charge in [-0.15, -0.1) is 0 Å². The van der Waals surface area contributed by atoms with Crippen molar-refractivity contribution in [2.24, 2.45) is 0 Å². The molecule has 0 aromatic heterocycles. The zero-order chi connectivity index (χ0) is 26.3. The molecular weight excluding hydrogens is 577 g/mol. The molecule has 2 rings (SSSR count). The first-order chi connectivity index (χ1) is 16.3. The summed E-state index contributed by atoms with van der Waals surface area (Å²) in [6, 6.07) is 11.3. The number of carbonyl (C=O) groups excluding carboxylic acids is 2. The van der Waals surface area contributed by atoms with Crippen LogP contribution in [0.4, 0.5) is 5.69 Å². The van der Waals surface area contributed by atoms with E-state index in [1.165, 1.54) is 17.0 Å². The summed E-state index contributed by atoms with van der Waals surface area (Å²) in [4.78, 5) is 27.5. The molecule has 1 N–H and O–H groups in total. The van der Waals surface area contributed by atoms with Crippen molar-refractivity contribution in [1.29, 1.82) is 0 Å². The Balaban J connectivity index is 2.21. The number of carbonyl (C=O) groups is 2. The molecular formula is C24H30BrCl2N3O4S. The van der Waals surface area contributed by atoms with Crippen LogP contribution in [0.5, 0.6) is 0 Å². The van der Waals surface area contributed by atoms with Crippen LogP contribution in [0.15, 0.2) is 46.9 Å². The summed E-state index contributed by atoms with van der Waals surface area (Å²) in [7, 11) is -3.68. The normalized spacial score (nSPS) is 12.3. The lowest BCUT2D eigenvalue weighted by Crippen LogP contribution is -2.49. The fraction of sp³-hybridized carbons (Fsp3) is 0.417. The van der Waals surface area contributed by atoms with Crippen LogP contribution in [0.2, 0.25) is 10.0 Å². The van der Waals surface area contributed by atoms with E-state index < -0.39 is 16.1 Å². The van der Waals surface area contributed by atoms with Crippen LogP contribution in [0.1, 0.15) is 39.2 Å². The van der Waals surface area contributed by atoms with Crippen molar-refractivity contribution >= 4 is 66.7 Å². The SMILES string of the molecule is CC(C)NC(=O)[C@@H](C)N(Cc1cccc(Br)c1)C(=O)CCCN(c1cc(Cl)ccc1Cl)S(C)(=O)=O. The molecule has 0 fully saturated rings. The number of amides is 2. The minimum Gasteiger partial charge on any atom is -0.352 e. The predicted octanol–water partition coefficient (Wildman–Crippen LogP) is 5.24. The molecule has 2 amide bonds. The molecule has 0 aliphatic rings. The highest BCUT2D eigenvalue weighted by Gasteiger charge is 2.27. The van der Waals surface area contributed by atoms with E-state index in [4.69, 9.17) is 23.2 Å². The minimum atomic E-state index is -3.68. The fourth-order valence-electron chi connectivity index (χ4n) is 3.48. The third-order valence-corrected chi connectivity index (χ3v) is 7.40. The van der Waals surface area contributed by atoms with Crippen LogP contribution < -0.4 is 9.62 Å². The van der Waals surface area contributed by atoms with Crippen molar-refractivity contribution in [3.8, 4) is 0 Å². The van der Waals surface area contributed by atoms with Crippen LogP contribution in [-0.4, -0.2) is 50.0 Å². The molecule has 0 saturated carbocycles. The summed E-state index contributed by atoms with van der Waals surface area (Å²) in [6.07, 6.45) is 1.34. The van der Waals surface area contributed by atoms with Gasteiger partial charge in [-0.2, -0.15) is 0 Å². The first-order valence-electron chi connectivity index (χ1n) is 11.1. The third-order valence-electron chi connectivity index (χ3n) is 5.17. The molecule has 11 heteroatoms. The van der Waals surface area contributed by atoms with Crippen molar-refractivity contribution in [2.75, 3.05) is 17.1 Å². The van der Waals surface area contributed by atoms with Gasteiger partial charge < -0.3 is 10.2 Å². The second-order valence-corrected chi connectivity index (χ2v) is 12.2. The molecule has 0 radical (unpaired) electrons. The van der Waals surface area contributed by atoms with Crippen LogP contribution in [0.3, 0.4) is 0 Å². The minimum absolute atomic E-state index is 0.0297. The summed E-state index contributed by atoms with van der Waals surface area (Å²) in [5.74, 6) is -0.520. The van der Waals surface area contributed by atoms with Crippen LogP contribution in [-0.2, 0) is 26.2 Å². The summed E-state index contributed by atoms with van der Waals surface area (Å²) in [5, 5.41) is 3.43. The molecule has 7 nitrogen and oxygen atoms in total. The number of rotatable bonds is 11. The molecule has 35 heavy (non-hydrogen) atoms. The quantitative estimate of drug-likeness (QED) is 0.379. The van der Waals surface area contributed by atoms with Gasteiger partial charge >= 0.3 is 0 Å². The third kappa shape index (κ3) is 8.97. The van der Waals surface area contributed by atoms with E-state index in [0.717, 1.165) is 20.6 Å². The van der Waals surface area contributed by atoms with E-state index in [1.54, 1.807) is 13.0 Å². The first-order valence-corrected chi connectivity index (χ1v) is 14.5. The van der Waals surface area contributed by atoms with Gasteiger partial charge in [0.25, 0.3) is 0 Å². The molecule has 2 aromatic rings. The van der Waals surface area contributed by atoms with Gasteiger partial charge in [-0.25, -0.2) is 8.42 Å². The second-order valence-electron chi connectivity index (χ2n) is 8.53. The Morgan fingerprint density at radius 1 is 1.09 bits per heavy atom. The highest BCUT2D eigenvalue weighted by atomic mass is 79.9. The monoisotopic (exact) mass is 605 g/mol. The molecule has 2 aromatic carbocycles. The number of nitrogens with zero attached hydrogens (tertiary/aromatic N) is 2. The summed E-state index contributed by atoms with van der Waals surface area (Å²) in [5.41, 5.74) is 1.12. The molecule has 0 heterocycles. The number of halogens is 3. The molecule has 0 saturated heterocycles. The highest BCUT2D eigenvalue weighted by molar-refractivity contribution is 9.10. The van der Waals surface area contributed by atoms with Crippen LogP contribution >= 0.6 is 39.1 Å².